The second-order valence-corrected chi connectivity index (χ2v) is 4.89. The molecule has 1 aromatic carbocycles. The number of hydrogen-bond donors (Lipinski definition) is 1. The maximum atomic E-state index is 11.9. The molecular formula is C15H15N5O3. The van der Waals surface area contributed by atoms with Gasteiger partial charge in [-0.25, -0.2) is 0 Å². The van der Waals surface area contributed by atoms with Crippen LogP contribution in [-0.4, -0.2) is 32.5 Å². The number of nitrogens with zero attached hydrogens (tertiary/aromatic N) is 4. The lowest BCUT2D eigenvalue weighted by Crippen LogP contribution is -2.20. The fourth-order valence-corrected chi connectivity index (χ4v) is 1.92. The zero-order chi connectivity index (χ0) is 16.2. The third-order valence-electron chi connectivity index (χ3n) is 3.06. The highest BCUT2D eigenvalue weighted by atomic mass is 16.5. The molecule has 1 N–H and O–H groups in total. The van der Waals surface area contributed by atoms with Crippen molar-refractivity contribution in [3.63, 3.8) is 0 Å². The van der Waals surface area contributed by atoms with Crippen LogP contribution in [0.2, 0.25) is 0 Å². The van der Waals surface area contributed by atoms with Crippen LogP contribution in [-0.2, 0) is 11.8 Å². The van der Waals surface area contributed by atoms with Crippen LogP contribution in [0.5, 0.6) is 5.75 Å². The van der Waals surface area contributed by atoms with Gasteiger partial charge in [0.2, 0.25) is 0 Å². The van der Waals surface area contributed by atoms with Gasteiger partial charge in [-0.05, 0) is 24.6 Å². The average molecular weight is 313 g/mol. The van der Waals surface area contributed by atoms with Crippen molar-refractivity contribution in [2.24, 2.45) is 7.05 Å². The van der Waals surface area contributed by atoms with Crippen LogP contribution in [0.25, 0.3) is 11.6 Å². The van der Waals surface area contributed by atoms with Crippen molar-refractivity contribution in [2.45, 2.75) is 6.92 Å². The molecule has 0 aliphatic carbocycles. The number of anilines is 1. The molecule has 0 bridgehead atoms. The molecule has 23 heavy (non-hydrogen) atoms. The van der Waals surface area contributed by atoms with E-state index in [0.717, 1.165) is 5.56 Å². The largest absolute Gasteiger partial charge is 0.483 e. The highest BCUT2D eigenvalue weighted by Crippen LogP contribution is 2.18. The molecule has 2 aromatic heterocycles. The van der Waals surface area contributed by atoms with E-state index in [9.17, 15) is 4.79 Å². The van der Waals surface area contributed by atoms with Crippen LogP contribution in [0.15, 0.2) is 40.9 Å². The Morgan fingerprint density at radius 3 is 2.87 bits per heavy atom. The summed E-state index contributed by atoms with van der Waals surface area (Å²) in [5, 5.41) is 14.2. The number of amides is 1. The molecule has 0 saturated heterocycles. The summed E-state index contributed by atoms with van der Waals surface area (Å²) in [7, 11) is 1.78. The summed E-state index contributed by atoms with van der Waals surface area (Å²) >= 11 is 0. The van der Waals surface area contributed by atoms with Gasteiger partial charge >= 0.3 is 6.01 Å². The zero-order valence-corrected chi connectivity index (χ0v) is 12.7. The van der Waals surface area contributed by atoms with Gasteiger partial charge in [0.15, 0.2) is 6.61 Å². The van der Waals surface area contributed by atoms with Crippen LogP contribution in [0.4, 0.5) is 6.01 Å². The summed E-state index contributed by atoms with van der Waals surface area (Å²) in [6.07, 6.45) is 1.76. The highest BCUT2D eigenvalue weighted by Gasteiger charge is 2.13. The number of nitrogens with one attached hydrogen (secondary N) is 1. The summed E-state index contributed by atoms with van der Waals surface area (Å²) in [5.41, 5.74) is 1.49. The SMILES string of the molecule is Cc1ccccc1OCC(=O)Nc1nnc(-c2ccn(C)n2)o1. The van der Waals surface area contributed by atoms with Crippen molar-refractivity contribution >= 4 is 11.9 Å². The Hall–Kier alpha value is -3.16. The zero-order valence-electron chi connectivity index (χ0n) is 12.7. The maximum absolute atomic E-state index is 11.9. The predicted molar refractivity (Wildman–Crippen MR) is 81.8 cm³/mol. The monoisotopic (exact) mass is 313 g/mol. The van der Waals surface area contributed by atoms with Crippen molar-refractivity contribution in [2.75, 3.05) is 11.9 Å². The summed E-state index contributed by atoms with van der Waals surface area (Å²) in [5.74, 6) is 0.507. The molecule has 2 heterocycles. The fourth-order valence-electron chi connectivity index (χ4n) is 1.92. The van der Waals surface area contributed by atoms with E-state index >= 15 is 0 Å². The molecule has 0 aliphatic rings. The van der Waals surface area contributed by atoms with Gasteiger partial charge in [-0.15, -0.1) is 5.10 Å². The maximum Gasteiger partial charge on any atom is 0.322 e. The number of para-hydroxylation sites is 1. The molecule has 8 nitrogen and oxygen atoms in total. The standard InChI is InChI=1S/C15H15N5O3/c1-10-5-3-4-6-12(10)22-9-13(21)16-15-18-17-14(23-15)11-7-8-20(2)19-11/h3-8H,9H2,1-2H3,(H,16,18,21). The molecule has 0 radical (unpaired) electrons. The first-order chi connectivity index (χ1) is 11.1. The normalized spacial score (nSPS) is 10.5. The Kier molecular flexibility index (Phi) is 4.05. The molecule has 3 aromatic rings. The number of benzene rings is 1. The summed E-state index contributed by atoms with van der Waals surface area (Å²) in [4.78, 5) is 11.9. The van der Waals surface area contributed by atoms with Gasteiger partial charge in [-0.1, -0.05) is 23.3 Å². The minimum absolute atomic E-state index is 0.00374. The van der Waals surface area contributed by atoms with E-state index in [-0.39, 0.29) is 24.4 Å². The van der Waals surface area contributed by atoms with Crippen molar-refractivity contribution < 1.29 is 13.9 Å². The van der Waals surface area contributed by atoms with Gasteiger partial charge in [-0.3, -0.25) is 14.8 Å². The first kappa shape index (κ1) is 14.8. The van der Waals surface area contributed by atoms with Gasteiger partial charge in [0, 0.05) is 13.2 Å². The molecule has 3 rings (SSSR count). The number of ether oxygens (including phenoxy) is 1. The van der Waals surface area contributed by atoms with Gasteiger partial charge in [0.1, 0.15) is 11.4 Å². The molecule has 0 spiro atoms. The number of aryl methyl sites for hydroxylation is 2. The smallest absolute Gasteiger partial charge is 0.322 e. The molecular weight excluding hydrogens is 298 g/mol. The van der Waals surface area contributed by atoms with Crippen LogP contribution >= 0.6 is 0 Å². The highest BCUT2D eigenvalue weighted by molar-refractivity contribution is 5.89. The molecule has 0 atom stereocenters. The minimum Gasteiger partial charge on any atom is -0.483 e. The van der Waals surface area contributed by atoms with E-state index in [4.69, 9.17) is 9.15 Å². The predicted octanol–water partition coefficient (Wildman–Crippen LogP) is 1.80. The molecule has 1 amide bonds. The third-order valence-corrected chi connectivity index (χ3v) is 3.06. The first-order valence-electron chi connectivity index (χ1n) is 6.93. The second-order valence-electron chi connectivity index (χ2n) is 4.89. The van der Waals surface area contributed by atoms with Crippen molar-refractivity contribution in [3.05, 3.63) is 42.1 Å². The van der Waals surface area contributed by atoms with Gasteiger partial charge < -0.3 is 9.15 Å². The summed E-state index contributed by atoms with van der Waals surface area (Å²) in [6.45, 7) is 1.76. The van der Waals surface area contributed by atoms with E-state index in [0.29, 0.717) is 11.4 Å². The Bertz CT molecular complexity index is 824. The Morgan fingerprint density at radius 1 is 1.30 bits per heavy atom. The number of rotatable bonds is 5. The average Bonchev–Trinajstić information content (AvgIpc) is 3.15. The summed E-state index contributed by atoms with van der Waals surface area (Å²) < 4.78 is 12.4. The Balaban J connectivity index is 1.58. The van der Waals surface area contributed by atoms with E-state index in [1.165, 1.54) is 0 Å². The van der Waals surface area contributed by atoms with Gasteiger partial charge in [0.25, 0.3) is 11.8 Å². The molecule has 0 unspecified atom stereocenters. The van der Waals surface area contributed by atoms with Crippen molar-refractivity contribution in [1.29, 1.82) is 0 Å². The number of hydrogen-bond acceptors (Lipinski definition) is 6. The molecule has 8 heteroatoms. The minimum atomic E-state index is -0.385. The summed E-state index contributed by atoms with van der Waals surface area (Å²) in [6, 6.07) is 9.19. The topological polar surface area (TPSA) is 95.1 Å². The van der Waals surface area contributed by atoms with Crippen LogP contribution in [0.3, 0.4) is 0 Å². The molecule has 118 valence electrons. The van der Waals surface area contributed by atoms with E-state index in [2.05, 4.69) is 20.6 Å². The first-order valence-corrected chi connectivity index (χ1v) is 6.93. The fraction of sp³-hybridized carbons (Fsp3) is 0.200. The lowest BCUT2D eigenvalue weighted by atomic mass is 10.2. The van der Waals surface area contributed by atoms with Crippen molar-refractivity contribution in [1.82, 2.24) is 20.0 Å². The van der Waals surface area contributed by atoms with Gasteiger partial charge in [0.05, 0.1) is 0 Å². The van der Waals surface area contributed by atoms with E-state index in [1.54, 1.807) is 30.1 Å². The van der Waals surface area contributed by atoms with E-state index in [1.807, 2.05) is 25.1 Å². The van der Waals surface area contributed by atoms with Crippen molar-refractivity contribution in [3.8, 4) is 17.3 Å². The Morgan fingerprint density at radius 2 is 2.13 bits per heavy atom. The molecule has 0 fully saturated rings. The third kappa shape index (κ3) is 3.54. The second kappa shape index (κ2) is 6.30. The van der Waals surface area contributed by atoms with Crippen LogP contribution < -0.4 is 10.1 Å². The quantitative estimate of drug-likeness (QED) is 0.771. The number of carbonyl (C=O) groups excluding carboxylic acids is 1. The lowest BCUT2D eigenvalue weighted by molar-refractivity contribution is -0.118. The lowest BCUT2D eigenvalue weighted by Gasteiger charge is -2.07. The molecule has 0 saturated carbocycles. The molecule has 0 aliphatic heterocycles. The van der Waals surface area contributed by atoms with Crippen LogP contribution in [0, 0.1) is 6.92 Å². The number of carbonyl (C=O) groups is 1. The van der Waals surface area contributed by atoms with E-state index < -0.39 is 0 Å². The Labute approximate surface area is 132 Å². The van der Waals surface area contributed by atoms with Gasteiger partial charge in [-0.2, -0.15) is 5.10 Å². The number of aromatic nitrogens is 4. The van der Waals surface area contributed by atoms with Crippen LogP contribution in [0.1, 0.15) is 5.56 Å².